The smallest absolute Gasteiger partial charge is 0.223 e. The van der Waals surface area contributed by atoms with Crippen LogP contribution in [0.25, 0.3) is 0 Å². The van der Waals surface area contributed by atoms with E-state index in [-0.39, 0.29) is 18.4 Å². The fourth-order valence-corrected chi connectivity index (χ4v) is 1.41. The van der Waals surface area contributed by atoms with Gasteiger partial charge in [0.25, 0.3) is 0 Å². The number of aliphatic hydroxyl groups excluding tert-OH is 1. The minimum absolute atomic E-state index is 0.0520. The molecule has 4 nitrogen and oxygen atoms in total. The van der Waals surface area contributed by atoms with Gasteiger partial charge in [0.15, 0.2) is 0 Å². The summed E-state index contributed by atoms with van der Waals surface area (Å²) in [6.45, 7) is 4.80. The highest BCUT2D eigenvalue weighted by molar-refractivity contribution is 5.75. The second kappa shape index (κ2) is 7.71. The zero-order chi connectivity index (χ0) is 13.4. The molecular weight excluding hydrogens is 230 g/mol. The van der Waals surface area contributed by atoms with Crippen LogP contribution in [0.1, 0.15) is 18.9 Å². The zero-order valence-corrected chi connectivity index (χ0v) is 11.0. The minimum Gasteiger partial charge on any atom is -0.493 e. The summed E-state index contributed by atoms with van der Waals surface area (Å²) in [6.07, 6.45) is 0.326. The number of amides is 1. The van der Waals surface area contributed by atoms with Crippen LogP contribution in [0.3, 0.4) is 0 Å². The summed E-state index contributed by atoms with van der Waals surface area (Å²) in [5.41, 5.74) is 1.06. The molecule has 1 rings (SSSR count). The third-order valence-corrected chi connectivity index (χ3v) is 2.64. The van der Waals surface area contributed by atoms with Crippen molar-refractivity contribution in [1.82, 2.24) is 5.32 Å². The summed E-state index contributed by atoms with van der Waals surface area (Å²) in [4.78, 5) is 11.5. The maximum Gasteiger partial charge on any atom is 0.223 e. The Balaban J connectivity index is 2.22. The lowest BCUT2D eigenvalue weighted by atomic mass is 10.2. The lowest BCUT2D eigenvalue weighted by Gasteiger charge is -2.11. The minimum atomic E-state index is -0.0520. The first kappa shape index (κ1) is 14.5. The van der Waals surface area contributed by atoms with Gasteiger partial charge in [0.1, 0.15) is 5.75 Å². The molecule has 1 aromatic carbocycles. The summed E-state index contributed by atoms with van der Waals surface area (Å²) >= 11 is 0. The zero-order valence-electron chi connectivity index (χ0n) is 11.0. The molecule has 0 aliphatic carbocycles. The first-order valence-electron chi connectivity index (χ1n) is 6.19. The van der Waals surface area contributed by atoms with Gasteiger partial charge in [-0.2, -0.15) is 0 Å². The van der Waals surface area contributed by atoms with Gasteiger partial charge in [0.2, 0.25) is 5.91 Å². The molecule has 1 unspecified atom stereocenters. The maximum absolute atomic E-state index is 11.5. The van der Waals surface area contributed by atoms with Crippen molar-refractivity contribution in [3.8, 4) is 5.75 Å². The predicted octanol–water partition coefficient (Wildman–Crippen LogP) is 1.51. The van der Waals surface area contributed by atoms with Crippen LogP contribution < -0.4 is 10.1 Å². The number of ether oxygens (including phenoxy) is 1. The molecule has 18 heavy (non-hydrogen) atoms. The molecule has 0 bridgehead atoms. The number of hydrogen-bond acceptors (Lipinski definition) is 3. The van der Waals surface area contributed by atoms with Gasteiger partial charge in [-0.15, -0.1) is 0 Å². The number of hydrogen-bond donors (Lipinski definition) is 2. The monoisotopic (exact) mass is 251 g/mol. The topological polar surface area (TPSA) is 58.6 Å². The fourth-order valence-electron chi connectivity index (χ4n) is 1.41. The summed E-state index contributed by atoms with van der Waals surface area (Å²) in [6, 6.07) is 7.72. The predicted molar refractivity (Wildman–Crippen MR) is 70.6 cm³/mol. The van der Waals surface area contributed by atoms with Gasteiger partial charge in [-0.25, -0.2) is 0 Å². The third kappa shape index (κ3) is 5.19. The van der Waals surface area contributed by atoms with E-state index in [2.05, 4.69) is 5.32 Å². The molecule has 1 atom stereocenters. The molecule has 1 amide bonds. The Labute approximate surface area is 108 Å². The summed E-state index contributed by atoms with van der Waals surface area (Å²) < 4.78 is 5.53. The van der Waals surface area contributed by atoms with Crippen LogP contribution in [-0.2, 0) is 4.79 Å². The second-order valence-corrected chi connectivity index (χ2v) is 4.46. The number of para-hydroxylation sites is 1. The molecule has 4 heteroatoms. The molecule has 2 N–H and O–H groups in total. The summed E-state index contributed by atoms with van der Waals surface area (Å²) in [5.74, 6) is 0.851. The van der Waals surface area contributed by atoms with Gasteiger partial charge >= 0.3 is 0 Å². The van der Waals surface area contributed by atoms with E-state index >= 15 is 0 Å². The number of aliphatic hydroxyl groups is 1. The van der Waals surface area contributed by atoms with Crippen LogP contribution in [0.4, 0.5) is 0 Å². The average molecular weight is 251 g/mol. The van der Waals surface area contributed by atoms with Gasteiger partial charge in [-0.3, -0.25) is 4.79 Å². The van der Waals surface area contributed by atoms with Crippen LogP contribution in [0.15, 0.2) is 24.3 Å². The van der Waals surface area contributed by atoms with Crippen molar-refractivity contribution in [2.45, 2.75) is 20.3 Å². The Morgan fingerprint density at radius 3 is 2.83 bits per heavy atom. The Hall–Kier alpha value is -1.55. The molecule has 0 spiro atoms. The third-order valence-electron chi connectivity index (χ3n) is 2.64. The number of benzene rings is 1. The van der Waals surface area contributed by atoms with Crippen LogP contribution in [0.2, 0.25) is 0 Å². The molecule has 0 saturated carbocycles. The molecule has 0 heterocycles. The van der Waals surface area contributed by atoms with Crippen molar-refractivity contribution in [2.24, 2.45) is 5.92 Å². The number of carbonyl (C=O) groups excluding carboxylic acids is 1. The molecule has 100 valence electrons. The Morgan fingerprint density at radius 1 is 1.44 bits per heavy atom. The second-order valence-electron chi connectivity index (χ2n) is 4.46. The molecule has 0 fully saturated rings. The standard InChI is InChI=1S/C14H21NO3/c1-11(10-16)9-15-14(17)7-8-18-13-6-4-3-5-12(13)2/h3-6,11,16H,7-10H2,1-2H3,(H,15,17). The van der Waals surface area contributed by atoms with Gasteiger partial charge < -0.3 is 15.2 Å². The van der Waals surface area contributed by atoms with Crippen LogP contribution >= 0.6 is 0 Å². The summed E-state index contributed by atoms with van der Waals surface area (Å²) in [7, 11) is 0. The van der Waals surface area contributed by atoms with E-state index in [1.54, 1.807) is 0 Å². The Kier molecular flexibility index (Phi) is 6.22. The molecular formula is C14H21NO3. The van der Waals surface area contributed by atoms with Crippen LogP contribution in [-0.4, -0.2) is 30.8 Å². The largest absolute Gasteiger partial charge is 0.493 e. The van der Waals surface area contributed by atoms with Crippen molar-refractivity contribution < 1.29 is 14.6 Å². The van der Waals surface area contributed by atoms with E-state index in [0.29, 0.717) is 19.6 Å². The van der Waals surface area contributed by atoms with E-state index in [1.807, 2.05) is 38.1 Å². The average Bonchev–Trinajstić information content (AvgIpc) is 2.38. The fraction of sp³-hybridized carbons (Fsp3) is 0.500. The van der Waals surface area contributed by atoms with Gasteiger partial charge in [0, 0.05) is 13.2 Å². The number of carbonyl (C=O) groups is 1. The number of rotatable bonds is 7. The van der Waals surface area contributed by atoms with Gasteiger partial charge in [-0.05, 0) is 24.5 Å². The lowest BCUT2D eigenvalue weighted by molar-refractivity contribution is -0.121. The Bertz CT molecular complexity index is 379. The highest BCUT2D eigenvalue weighted by Crippen LogP contribution is 2.15. The SMILES string of the molecule is Cc1ccccc1OCCC(=O)NCC(C)CO. The highest BCUT2D eigenvalue weighted by atomic mass is 16.5. The van der Waals surface area contributed by atoms with E-state index < -0.39 is 0 Å². The van der Waals surface area contributed by atoms with Crippen molar-refractivity contribution in [1.29, 1.82) is 0 Å². The number of nitrogens with one attached hydrogen (secondary N) is 1. The van der Waals surface area contributed by atoms with E-state index in [9.17, 15) is 4.79 Å². The molecule has 0 aliphatic rings. The van der Waals surface area contributed by atoms with Crippen molar-refractivity contribution in [3.05, 3.63) is 29.8 Å². The molecule has 0 aliphatic heterocycles. The maximum atomic E-state index is 11.5. The first-order chi connectivity index (χ1) is 8.63. The highest BCUT2D eigenvalue weighted by Gasteiger charge is 2.05. The van der Waals surface area contributed by atoms with E-state index in [4.69, 9.17) is 9.84 Å². The van der Waals surface area contributed by atoms with Crippen molar-refractivity contribution in [3.63, 3.8) is 0 Å². The molecule has 0 radical (unpaired) electrons. The Morgan fingerprint density at radius 2 is 2.17 bits per heavy atom. The van der Waals surface area contributed by atoms with E-state index in [0.717, 1.165) is 11.3 Å². The quantitative estimate of drug-likeness (QED) is 0.772. The molecule has 0 aromatic heterocycles. The van der Waals surface area contributed by atoms with Crippen LogP contribution in [0, 0.1) is 12.8 Å². The number of aryl methyl sites for hydroxylation is 1. The van der Waals surface area contributed by atoms with Crippen molar-refractivity contribution >= 4 is 5.91 Å². The van der Waals surface area contributed by atoms with Gasteiger partial charge in [0.05, 0.1) is 13.0 Å². The molecule has 0 saturated heterocycles. The summed E-state index contributed by atoms with van der Waals surface area (Å²) in [5, 5.41) is 11.6. The van der Waals surface area contributed by atoms with Crippen LogP contribution in [0.5, 0.6) is 5.75 Å². The van der Waals surface area contributed by atoms with E-state index in [1.165, 1.54) is 0 Å². The lowest BCUT2D eigenvalue weighted by Crippen LogP contribution is -2.30. The normalized spacial score (nSPS) is 11.9. The first-order valence-corrected chi connectivity index (χ1v) is 6.19. The van der Waals surface area contributed by atoms with Gasteiger partial charge in [-0.1, -0.05) is 25.1 Å². The van der Waals surface area contributed by atoms with Crippen molar-refractivity contribution in [2.75, 3.05) is 19.8 Å². The molecule has 1 aromatic rings.